The third kappa shape index (κ3) is 3.84. The summed E-state index contributed by atoms with van der Waals surface area (Å²) in [7, 11) is 0. The first-order chi connectivity index (χ1) is 14.4. The number of nitrogens with one attached hydrogen (secondary N) is 1. The molecule has 160 valence electrons. The van der Waals surface area contributed by atoms with Gasteiger partial charge in [0.05, 0.1) is 0 Å². The third-order valence-corrected chi connectivity index (χ3v) is 8.03. The van der Waals surface area contributed by atoms with Crippen molar-refractivity contribution in [3.63, 3.8) is 0 Å². The Morgan fingerprint density at radius 3 is 2.37 bits per heavy atom. The molecule has 1 heterocycles. The largest absolute Gasteiger partial charge is 0.471 e. The topological polar surface area (TPSA) is 56.1 Å². The van der Waals surface area contributed by atoms with Crippen molar-refractivity contribution in [3.8, 4) is 5.75 Å². The number of aryl methyl sites for hydroxylation is 2. The number of carbonyl (C=O) groups is 1. The number of rotatable bonds is 6. The van der Waals surface area contributed by atoms with E-state index in [1.807, 2.05) is 26.0 Å². The van der Waals surface area contributed by atoms with Crippen molar-refractivity contribution in [2.75, 3.05) is 6.54 Å². The molecule has 5 nitrogen and oxygen atoms in total. The lowest BCUT2D eigenvalue weighted by molar-refractivity contribution is -0.0503. The predicted molar refractivity (Wildman–Crippen MR) is 117 cm³/mol. The van der Waals surface area contributed by atoms with Crippen LogP contribution in [0.15, 0.2) is 24.4 Å². The van der Waals surface area contributed by atoms with Gasteiger partial charge in [-0.05, 0) is 105 Å². The Morgan fingerprint density at radius 2 is 1.77 bits per heavy atom. The zero-order valence-electron chi connectivity index (χ0n) is 17.8. The van der Waals surface area contributed by atoms with Crippen LogP contribution in [-0.4, -0.2) is 22.2 Å². The minimum Gasteiger partial charge on any atom is -0.471 e. The molecule has 0 spiro atoms. The number of hydrogen-bond acceptors (Lipinski definition) is 3. The van der Waals surface area contributed by atoms with Crippen LogP contribution in [0.4, 0.5) is 0 Å². The van der Waals surface area contributed by atoms with E-state index in [2.05, 4.69) is 10.4 Å². The van der Waals surface area contributed by atoms with Gasteiger partial charge in [-0.2, -0.15) is 5.10 Å². The predicted octanol–water partition coefficient (Wildman–Crippen LogP) is 5.14. The van der Waals surface area contributed by atoms with Crippen molar-refractivity contribution in [2.45, 2.75) is 59.1 Å². The molecule has 4 aliphatic rings. The fraction of sp³-hybridized carbons (Fsp3) is 0.583. The Bertz CT molecular complexity index is 909. The van der Waals surface area contributed by atoms with Crippen LogP contribution >= 0.6 is 11.6 Å². The van der Waals surface area contributed by atoms with Gasteiger partial charge in [0.2, 0.25) is 0 Å². The number of hydrogen-bond donors (Lipinski definition) is 1. The van der Waals surface area contributed by atoms with Gasteiger partial charge in [0.15, 0.2) is 6.73 Å². The SMILES string of the molecule is Cc1cc(OCn2ccc(C(=O)NCC34CC5CC(CC(C5)C3)C4)n2)cc(C)c1Cl. The maximum atomic E-state index is 12.7. The van der Waals surface area contributed by atoms with Crippen molar-refractivity contribution in [1.82, 2.24) is 15.1 Å². The zero-order valence-corrected chi connectivity index (χ0v) is 18.5. The molecule has 1 aromatic heterocycles. The minimum absolute atomic E-state index is 0.0809. The summed E-state index contributed by atoms with van der Waals surface area (Å²) in [6, 6.07) is 5.59. The lowest BCUT2D eigenvalue weighted by Crippen LogP contribution is -2.51. The fourth-order valence-corrected chi connectivity index (χ4v) is 6.66. The number of nitrogens with zero attached hydrogens (tertiary/aromatic N) is 2. The van der Waals surface area contributed by atoms with Gasteiger partial charge >= 0.3 is 0 Å². The number of benzene rings is 1. The Labute approximate surface area is 183 Å². The van der Waals surface area contributed by atoms with Crippen LogP contribution in [0, 0.1) is 37.0 Å². The van der Waals surface area contributed by atoms with Crippen LogP contribution in [-0.2, 0) is 6.73 Å². The summed E-state index contributed by atoms with van der Waals surface area (Å²) >= 11 is 6.22. The number of aromatic nitrogens is 2. The van der Waals surface area contributed by atoms with Crippen LogP contribution in [0.2, 0.25) is 5.02 Å². The van der Waals surface area contributed by atoms with Crippen LogP contribution in [0.3, 0.4) is 0 Å². The molecule has 4 fully saturated rings. The smallest absolute Gasteiger partial charge is 0.271 e. The molecule has 30 heavy (non-hydrogen) atoms. The molecular formula is C24H30ClN3O2. The molecule has 0 radical (unpaired) electrons. The van der Waals surface area contributed by atoms with Crippen molar-refractivity contribution >= 4 is 17.5 Å². The molecule has 4 aliphatic carbocycles. The van der Waals surface area contributed by atoms with E-state index in [0.717, 1.165) is 46.2 Å². The molecule has 1 aromatic carbocycles. The average molecular weight is 428 g/mol. The van der Waals surface area contributed by atoms with Crippen molar-refractivity contribution in [1.29, 1.82) is 0 Å². The molecule has 2 aromatic rings. The van der Waals surface area contributed by atoms with E-state index in [1.54, 1.807) is 16.9 Å². The summed E-state index contributed by atoms with van der Waals surface area (Å²) in [4.78, 5) is 12.7. The van der Waals surface area contributed by atoms with E-state index in [4.69, 9.17) is 16.3 Å². The highest BCUT2D eigenvalue weighted by Crippen LogP contribution is 2.59. The standard InChI is InChI=1S/C24H30ClN3O2/c1-15-5-20(6-16(2)22(15)25)30-14-28-4-3-21(27-28)23(29)26-13-24-10-17-7-18(11-24)9-19(8-17)12-24/h3-6,17-19H,7-14H2,1-2H3,(H,26,29). The summed E-state index contributed by atoms with van der Waals surface area (Å²) in [6.45, 7) is 4.97. The van der Waals surface area contributed by atoms with Gasteiger partial charge < -0.3 is 10.1 Å². The number of carbonyl (C=O) groups excluding carboxylic acids is 1. The molecule has 0 aliphatic heterocycles. The monoisotopic (exact) mass is 427 g/mol. The van der Waals surface area contributed by atoms with Crippen LogP contribution < -0.4 is 10.1 Å². The number of ether oxygens (including phenoxy) is 1. The first-order valence-electron chi connectivity index (χ1n) is 11.1. The lowest BCUT2D eigenvalue weighted by Gasteiger charge is -2.56. The second-order valence-corrected chi connectivity index (χ2v) is 10.4. The Kier molecular flexibility index (Phi) is 5.04. The molecule has 4 bridgehead atoms. The molecule has 4 saturated carbocycles. The second-order valence-electron chi connectivity index (χ2n) is 9.99. The number of halogens is 1. The quantitative estimate of drug-likeness (QED) is 0.694. The molecule has 0 saturated heterocycles. The third-order valence-electron chi connectivity index (χ3n) is 7.44. The molecule has 6 heteroatoms. The van der Waals surface area contributed by atoms with Gasteiger partial charge in [0.25, 0.3) is 5.91 Å². The normalized spacial score (nSPS) is 29.2. The molecular weight excluding hydrogens is 398 g/mol. The highest BCUT2D eigenvalue weighted by molar-refractivity contribution is 6.32. The zero-order chi connectivity index (χ0) is 20.9. The van der Waals surface area contributed by atoms with Crippen LogP contribution in [0.5, 0.6) is 5.75 Å². The molecule has 6 rings (SSSR count). The maximum absolute atomic E-state index is 12.7. The van der Waals surface area contributed by atoms with Crippen molar-refractivity contribution < 1.29 is 9.53 Å². The first kappa shape index (κ1) is 19.9. The second kappa shape index (κ2) is 7.60. The fourth-order valence-electron chi connectivity index (χ4n) is 6.55. The summed E-state index contributed by atoms with van der Waals surface area (Å²) < 4.78 is 7.49. The minimum atomic E-state index is -0.0809. The van der Waals surface area contributed by atoms with Crippen molar-refractivity contribution in [3.05, 3.63) is 46.2 Å². The van der Waals surface area contributed by atoms with E-state index in [0.29, 0.717) is 11.1 Å². The molecule has 0 atom stereocenters. The summed E-state index contributed by atoms with van der Waals surface area (Å²) in [5.41, 5.74) is 2.75. The maximum Gasteiger partial charge on any atom is 0.271 e. The van der Waals surface area contributed by atoms with Gasteiger partial charge in [0.1, 0.15) is 11.4 Å². The van der Waals surface area contributed by atoms with Gasteiger partial charge in [0, 0.05) is 17.8 Å². The highest BCUT2D eigenvalue weighted by Gasteiger charge is 2.50. The first-order valence-corrected chi connectivity index (χ1v) is 11.5. The summed E-state index contributed by atoms with van der Waals surface area (Å²) in [5, 5.41) is 8.36. The van der Waals surface area contributed by atoms with E-state index < -0.39 is 0 Å². The van der Waals surface area contributed by atoms with Gasteiger partial charge in [-0.1, -0.05) is 11.6 Å². The van der Waals surface area contributed by atoms with E-state index in [9.17, 15) is 4.79 Å². The molecule has 0 unspecified atom stereocenters. The van der Waals surface area contributed by atoms with Gasteiger partial charge in [-0.15, -0.1) is 0 Å². The summed E-state index contributed by atoms with van der Waals surface area (Å²) in [5.74, 6) is 3.35. The Balaban J connectivity index is 1.17. The van der Waals surface area contributed by atoms with E-state index in [1.165, 1.54) is 38.5 Å². The Morgan fingerprint density at radius 1 is 1.17 bits per heavy atom. The summed E-state index contributed by atoms with van der Waals surface area (Å²) in [6.07, 6.45) is 9.93. The molecule has 1 N–H and O–H groups in total. The Hall–Kier alpha value is -2.01. The number of amides is 1. The van der Waals surface area contributed by atoms with Gasteiger partial charge in [-0.25, -0.2) is 4.68 Å². The van der Waals surface area contributed by atoms with Crippen molar-refractivity contribution in [2.24, 2.45) is 23.2 Å². The van der Waals surface area contributed by atoms with E-state index >= 15 is 0 Å². The highest BCUT2D eigenvalue weighted by atomic mass is 35.5. The average Bonchev–Trinajstić information content (AvgIpc) is 3.17. The van der Waals surface area contributed by atoms with Gasteiger partial charge in [-0.3, -0.25) is 4.79 Å². The van der Waals surface area contributed by atoms with Crippen LogP contribution in [0.25, 0.3) is 0 Å². The van der Waals surface area contributed by atoms with Crippen LogP contribution in [0.1, 0.15) is 60.1 Å². The lowest BCUT2D eigenvalue weighted by atomic mass is 9.49. The van der Waals surface area contributed by atoms with E-state index in [-0.39, 0.29) is 12.6 Å². The molecule has 1 amide bonds.